The summed E-state index contributed by atoms with van der Waals surface area (Å²) in [6.07, 6.45) is -0.173. The summed E-state index contributed by atoms with van der Waals surface area (Å²) >= 11 is 0. The molecule has 162 valence electrons. The van der Waals surface area contributed by atoms with E-state index in [0.29, 0.717) is 12.2 Å². The third kappa shape index (κ3) is 5.96. The Hall–Kier alpha value is -3.08. The third-order valence-corrected chi connectivity index (χ3v) is 4.51. The fraction of sp³-hybridized carbons (Fsp3) is 0.368. The topological polar surface area (TPSA) is 87.2 Å². The van der Waals surface area contributed by atoms with Crippen LogP contribution in [0, 0.1) is 5.82 Å². The van der Waals surface area contributed by atoms with Gasteiger partial charge >= 0.3 is 12.2 Å². The molecule has 0 bridgehead atoms. The standard InChI is InChI=1S/C19H21F4N5O2/c20-12-3-1-5-14(7-12)28-9-15(17(29)26-13-4-2-6-24-8-13)16(10-28)27-18(30)25-11-19(21,22)23/h1,3,5,7,9-10,13,24H,2,4,6,8,11H2,(H,26,29)(H2,25,27,30). The van der Waals surface area contributed by atoms with Gasteiger partial charge in [-0.3, -0.25) is 4.79 Å². The number of piperidine rings is 1. The number of hydrogen-bond donors (Lipinski definition) is 4. The van der Waals surface area contributed by atoms with E-state index in [1.807, 2.05) is 0 Å². The molecule has 3 rings (SSSR count). The lowest BCUT2D eigenvalue weighted by Gasteiger charge is -2.23. The highest BCUT2D eigenvalue weighted by Gasteiger charge is 2.28. The Morgan fingerprint density at radius 3 is 2.70 bits per heavy atom. The molecule has 1 aromatic heterocycles. The normalized spacial score (nSPS) is 16.7. The monoisotopic (exact) mass is 427 g/mol. The van der Waals surface area contributed by atoms with E-state index in [2.05, 4.69) is 16.0 Å². The van der Waals surface area contributed by atoms with Crippen molar-refractivity contribution < 1.29 is 27.2 Å². The van der Waals surface area contributed by atoms with Crippen LogP contribution >= 0.6 is 0 Å². The van der Waals surface area contributed by atoms with E-state index < -0.39 is 30.5 Å². The molecule has 2 heterocycles. The molecule has 3 amide bonds. The van der Waals surface area contributed by atoms with Gasteiger partial charge in [0.15, 0.2) is 0 Å². The van der Waals surface area contributed by atoms with Crippen LogP contribution < -0.4 is 21.3 Å². The number of hydrogen-bond acceptors (Lipinski definition) is 3. The van der Waals surface area contributed by atoms with Crippen LogP contribution in [0.5, 0.6) is 0 Å². The van der Waals surface area contributed by atoms with Crippen molar-refractivity contribution in [2.45, 2.75) is 25.1 Å². The number of aromatic nitrogens is 1. The van der Waals surface area contributed by atoms with Gasteiger partial charge < -0.3 is 25.8 Å². The van der Waals surface area contributed by atoms with Crippen LogP contribution in [0.1, 0.15) is 23.2 Å². The lowest BCUT2D eigenvalue weighted by atomic mass is 10.1. The van der Waals surface area contributed by atoms with E-state index in [1.165, 1.54) is 35.2 Å². The molecule has 2 aromatic rings. The average molecular weight is 427 g/mol. The number of urea groups is 1. The molecule has 0 spiro atoms. The number of carbonyl (C=O) groups is 2. The third-order valence-electron chi connectivity index (χ3n) is 4.51. The van der Waals surface area contributed by atoms with Gasteiger partial charge in [0, 0.05) is 30.7 Å². The molecule has 1 aromatic carbocycles. The van der Waals surface area contributed by atoms with Crippen LogP contribution in [0.2, 0.25) is 0 Å². The minimum Gasteiger partial charge on any atom is -0.348 e. The SMILES string of the molecule is O=C(NCC(F)(F)F)Nc1cn(-c2cccc(F)c2)cc1C(=O)NC1CCCNC1. The maximum absolute atomic E-state index is 13.6. The van der Waals surface area contributed by atoms with Gasteiger partial charge in [0.2, 0.25) is 0 Å². The molecule has 1 aliphatic heterocycles. The van der Waals surface area contributed by atoms with Crippen LogP contribution in [0.15, 0.2) is 36.7 Å². The van der Waals surface area contributed by atoms with Crippen molar-refractivity contribution in [2.75, 3.05) is 25.0 Å². The van der Waals surface area contributed by atoms with Gasteiger partial charge in [0.05, 0.1) is 11.3 Å². The molecular weight excluding hydrogens is 406 g/mol. The number of anilines is 1. The Labute approximate surface area is 169 Å². The molecule has 0 saturated carbocycles. The first-order chi connectivity index (χ1) is 14.2. The quantitative estimate of drug-likeness (QED) is 0.554. The van der Waals surface area contributed by atoms with Crippen molar-refractivity contribution in [1.82, 2.24) is 20.5 Å². The summed E-state index contributed by atoms with van der Waals surface area (Å²) in [7, 11) is 0. The number of carbonyl (C=O) groups excluding carboxylic acids is 2. The summed E-state index contributed by atoms with van der Waals surface area (Å²) in [6, 6.07) is 4.30. The van der Waals surface area contributed by atoms with Gasteiger partial charge in [0.1, 0.15) is 12.4 Å². The summed E-state index contributed by atoms with van der Waals surface area (Å²) in [5, 5.41) is 9.96. The zero-order valence-corrected chi connectivity index (χ0v) is 15.9. The largest absolute Gasteiger partial charge is 0.405 e. The van der Waals surface area contributed by atoms with Crippen molar-refractivity contribution >= 4 is 17.6 Å². The summed E-state index contributed by atoms with van der Waals surface area (Å²) < 4.78 is 52.0. The number of nitrogens with one attached hydrogen (secondary N) is 4. The van der Waals surface area contributed by atoms with Crippen molar-refractivity contribution in [2.24, 2.45) is 0 Å². The van der Waals surface area contributed by atoms with Gasteiger partial charge in [-0.05, 0) is 37.6 Å². The number of rotatable bonds is 5. The molecule has 1 aliphatic rings. The van der Waals surface area contributed by atoms with Crippen molar-refractivity contribution in [3.8, 4) is 5.69 Å². The van der Waals surface area contributed by atoms with Crippen LogP contribution in [-0.4, -0.2) is 48.4 Å². The van der Waals surface area contributed by atoms with Crippen molar-refractivity contribution in [3.05, 3.63) is 48.0 Å². The molecule has 1 saturated heterocycles. The molecule has 11 heteroatoms. The van der Waals surface area contributed by atoms with Gasteiger partial charge in [0.25, 0.3) is 5.91 Å². The molecule has 0 radical (unpaired) electrons. The second-order valence-electron chi connectivity index (χ2n) is 6.91. The summed E-state index contributed by atoms with van der Waals surface area (Å²) in [5.74, 6) is -0.997. The lowest BCUT2D eigenvalue weighted by Crippen LogP contribution is -2.45. The molecule has 1 atom stereocenters. The van der Waals surface area contributed by atoms with E-state index in [0.717, 1.165) is 19.4 Å². The number of amides is 3. The first kappa shape index (κ1) is 21.6. The van der Waals surface area contributed by atoms with Crippen LogP contribution in [-0.2, 0) is 0 Å². The average Bonchev–Trinajstić information content (AvgIpc) is 3.10. The van der Waals surface area contributed by atoms with E-state index in [-0.39, 0.29) is 17.3 Å². The minimum atomic E-state index is -4.57. The minimum absolute atomic E-state index is 0.000189. The predicted octanol–water partition coefficient (Wildman–Crippen LogP) is 2.78. The first-order valence-electron chi connectivity index (χ1n) is 9.32. The smallest absolute Gasteiger partial charge is 0.348 e. The Kier molecular flexibility index (Phi) is 6.60. The van der Waals surface area contributed by atoms with E-state index in [1.54, 1.807) is 11.4 Å². The van der Waals surface area contributed by atoms with Gasteiger partial charge in [-0.2, -0.15) is 13.2 Å². The second kappa shape index (κ2) is 9.16. The van der Waals surface area contributed by atoms with E-state index >= 15 is 0 Å². The van der Waals surface area contributed by atoms with Crippen molar-refractivity contribution in [3.63, 3.8) is 0 Å². The number of halogens is 4. The van der Waals surface area contributed by atoms with Crippen LogP contribution in [0.4, 0.5) is 28.0 Å². The predicted molar refractivity (Wildman–Crippen MR) is 102 cm³/mol. The summed E-state index contributed by atoms with van der Waals surface area (Å²) in [6.45, 7) is -0.0710. The molecule has 0 aliphatic carbocycles. The molecule has 30 heavy (non-hydrogen) atoms. The fourth-order valence-electron chi connectivity index (χ4n) is 3.11. The molecule has 1 fully saturated rings. The molecule has 4 N–H and O–H groups in total. The first-order valence-corrected chi connectivity index (χ1v) is 9.32. The summed E-state index contributed by atoms with van der Waals surface area (Å²) in [5.41, 5.74) is 0.430. The highest BCUT2D eigenvalue weighted by molar-refractivity contribution is 6.03. The zero-order chi connectivity index (χ0) is 21.7. The summed E-state index contributed by atoms with van der Waals surface area (Å²) in [4.78, 5) is 24.7. The molecule has 1 unspecified atom stereocenters. The Bertz CT molecular complexity index is 907. The Morgan fingerprint density at radius 1 is 1.23 bits per heavy atom. The van der Waals surface area contributed by atoms with E-state index in [4.69, 9.17) is 0 Å². The number of nitrogens with zero attached hydrogens (tertiary/aromatic N) is 1. The Morgan fingerprint density at radius 2 is 2.03 bits per heavy atom. The molecule has 7 nitrogen and oxygen atoms in total. The van der Waals surface area contributed by atoms with Gasteiger partial charge in [-0.25, -0.2) is 9.18 Å². The number of benzene rings is 1. The van der Waals surface area contributed by atoms with Crippen LogP contribution in [0.25, 0.3) is 5.69 Å². The maximum Gasteiger partial charge on any atom is 0.405 e. The van der Waals surface area contributed by atoms with E-state index in [9.17, 15) is 27.2 Å². The Balaban J connectivity index is 1.82. The second-order valence-corrected chi connectivity index (χ2v) is 6.91. The lowest BCUT2D eigenvalue weighted by molar-refractivity contribution is -0.122. The highest BCUT2D eigenvalue weighted by atomic mass is 19.4. The number of alkyl halides is 3. The van der Waals surface area contributed by atoms with Gasteiger partial charge in [-0.1, -0.05) is 6.07 Å². The van der Waals surface area contributed by atoms with Crippen LogP contribution in [0.3, 0.4) is 0 Å². The zero-order valence-electron chi connectivity index (χ0n) is 15.9. The fourth-order valence-corrected chi connectivity index (χ4v) is 3.11. The van der Waals surface area contributed by atoms with Gasteiger partial charge in [-0.15, -0.1) is 0 Å². The highest BCUT2D eigenvalue weighted by Crippen LogP contribution is 2.22. The molecular formula is C19H21F4N5O2. The van der Waals surface area contributed by atoms with Crippen molar-refractivity contribution in [1.29, 1.82) is 0 Å². The maximum atomic E-state index is 13.6.